The van der Waals surface area contributed by atoms with Crippen molar-refractivity contribution in [2.24, 2.45) is 5.73 Å². The quantitative estimate of drug-likeness (QED) is 0.726. The number of nitrogens with one attached hydrogen (secondary N) is 1. The molecule has 17 heavy (non-hydrogen) atoms. The van der Waals surface area contributed by atoms with Crippen molar-refractivity contribution in [1.29, 1.82) is 0 Å². The van der Waals surface area contributed by atoms with Crippen LogP contribution in [-0.2, 0) is 0 Å². The molecule has 0 heterocycles. The second-order valence-electron chi connectivity index (χ2n) is 4.21. The molecule has 0 radical (unpaired) electrons. The van der Waals surface area contributed by atoms with E-state index in [-0.39, 0.29) is 17.7 Å². The number of nitrogens with two attached hydrogens (primary N) is 1. The second-order valence-corrected chi connectivity index (χ2v) is 4.21. The molecule has 0 spiro atoms. The molecule has 0 aliphatic heterocycles. The molecule has 0 aliphatic carbocycles. The van der Waals surface area contributed by atoms with E-state index >= 15 is 0 Å². The lowest BCUT2D eigenvalue weighted by molar-refractivity contribution is 0.0952. The van der Waals surface area contributed by atoms with Crippen LogP contribution < -0.4 is 11.1 Å². The Morgan fingerprint density at radius 2 is 2.24 bits per heavy atom. The monoisotopic (exact) mass is 236 g/mol. The molecule has 4 N–H and O–H groups in total. The van der Waals surface area contributed by atoms with Crippen molar-refractivity contribution in [3.05, 3.63) is 29.3 Å². The van der Waals surface area contributed by atoms with Gasteiger partial charge in [0, 0.05) is 18.2 Å². The molecule has 0 aliphatic rings. The normalized spacial score (nSPS) is 12.2. The van der Waals surface area contributed by atoms with Gasteiger partial charge in [0.05, 0.1) is 0 Å². The summed E-state index contributed by atoms with van der Waals surface area (Å²) in [7, 11) is 0. The molecule has 0 fully saturated rings. The fourth-order valence-electron chi connectivity index (χ4n) is 1.57. The predicted octanol–water partition coefficient (Wildman–Crippen LogP) is 1.56. The summed E-state index contributed by atoms with van der Waals surface area (Å²) in [5, 5.41) is 12.1. The van der Waals surface area contributed by atoms with E-state index in [0.717, 1.165) is 18.4 Å². The number of phenolic OH excluding ortho intramolecular Hbond substituents is 1. The molecule has 4 heteroatoms. The summed E-state index contributed by atoms with van der Waals surface area (Å²) < 4.78 is 0. The van der Waals surface area contributed by atoms with Crippen molar-refractivity contribution >= 4 is 5.91 Å². The van der Waals surface area contributed by atoms with Gasteiger partial charge in [-0.05, 0) is 43.5 Å². The maximum absolute atomic E-state index is 11.8. The average molecular weight is 236 g/mol. The molecular weight excluding hydrogens is 216 g/mol. The molecule has 1 unspecified atom stereocenters. The lowest BCUT2D eigenvalue weighted by Gasteiger charge is -2.10. The molecule has 94 valence electrons. The summed E-state index contributed by atoms with van der Waals surface area (Å²) in [4.78, 5) is 11.8. The topological polar surface area (TPSA) is 75.3 Å². The number of carbonyl (C=O) groups excluding carboxylic acids is 1. The molecule has 1 atom stereocenters. The Hall–Kier alpha value is -1.55. The van der Waals surface area contributed by atoms with Crippen molar-refractivity contribution in [1.82, 2.24) is 5.32 Å². The first kappa shape index (κ1) is 13.5. The van der Waals surface area contributed by atoms with Crippen LogP contribution in [0.15, 0.2) is 18.2 Å². The van der Waals surface area contributed by atoms with E-state index in [0.29, 0.717) is 12.1 Å². The van der Waals surface area contributed by atoms with Crippen LogP contribution in [0.4, 0.5) is 0 Å². The van der Waals surface area contributed by atoms with Crippen LogP contribution in [0, 0.1) is 6.92 Å². The summed E-state index contributed by atoms with van der Waals surface area (Å²) >= 11 is 0. The first-order valence-corrected chi connectivity index (χ1v) is 5.88. The largest absolute Gasteiger partial charge is 0.508 e. The number of aryl methyl sites for hydroxylation is 1. The molecule has 0 bridgehead atoms. The van der Waals surface area contributed by atoms with Crippen LogP contribution in [0.5, 0.6) is 5.75 Å². The molecule has 1 amide bonds. The zero-order valence-electron chi connectivity index (χ0n) is 10.4. The Morgan fingerprint density at radius 3 is 2.82 bits per heavy atom. The fraction of sp³-hybridized carbons (Fsp3) is 0.462. The molecular formula is C13H20N2O2. The average Bonchev–Trinajstić information content (AvgIpc) is 2.28. The minimum atomic E-state index is -0.120. The molecule has 0 saturated carbocycles. The van der Waals surface area contributed by atoms with Gasteiger partial charge in [-0.25, -0.2) is 0 Å². The highest BCUT2D eigenvalue weighted by molar-refractivity contribution is 5.95. The number of hydrogen-bond acceptors (Lipinski definition) is 3. The minimum Gasteiger partial charge on any atom is -0.508 e. The maximum Gasteiger partial charge on any atom is 0.251 e. The highest BCUT2D eigenvalue weighted by atomic mass is 16.3. The molecule has 0 aromatic heterocycles. The van der Waals surface area contributed by atoms with E-state index in [1.54, 1.807) is 19.1 Å². The van der Waals surface area contributed by atoms with Gasteiger partial charge in [-0.3, -0.25) is 4.79 Å². The van der Waals surface area contributed by atoms with E-state index in [1.807, 2.05) is 6.92 Å². The molecule has 4 nitrogen and oxygen atoms in total. The zero-order chi connectivity index (χ0) is 12.8. The van der Waals surface area contributed by atoms with Gasteiger partial charge in [0.1, 0.15) is 5.75 Å². The summed E-state index contributed by atoms with van der Waals surface area (Å²) in [6.07, 6.45) is 1.69. The summed E-state index contributed by atoms with van der Waals surface area (Å²) in [5.74, 6) is 0.0536. The van der Waals surface area contributed by atoms with Gasteiger partial charge in [-0.1, -0.05) is 6.92 Å². The van der Waals surface area contributed by atoms with E-state index < -0.39 is 0 Å². The van der Waals surface area contributed by atoms with Crippen LogP contribution >= 0.6 is 0 Å². The number of hydrogen-bond donors (Lipinski definition) is 3. The van der Waals surface area contributed by atoms with Gasteiger partial charge < -0.3 is 16.2 Å². The molecule has 1 aromatic carbocycles. The first-order chi connectivity index (χ1) is 8.04. The zero-order valence-corrected chi connectivity index (χ0v) is 10.4. The number of rotatable bonds is 5. The molecule has 0 saturated heterocycles. The summed E-state index contributed by atoms with van der Waals surface area (Å²) in [5.41, 5.74) is 7.12. The Kier molecular flexibility index (Phi) is 4.97. The van der Waals surface area contributed by atoms with Crippen LogP contribution in [0.3, 0.4) is 0 Å². The summed E-state index contributed by atoms with van der Waals surface area (Å²) in [6.45, 7) is 4.40. The van der Waals surface area contributed by atoms with E-state index in [4.69, 9.17) is 5.73 Å². The van der Waals surface area contributed by atoms with E-state index in [9.17, 15) is 9.90 Å². The fourth-order valence-corrected chi connectivity index (χ4v) is 1.57. The maximum atomic E-state index is 11.8. The van der Waals surface area contributed by atoms with Crippen molar-refractivity contribution in [3.63, 3.8) is 0 Å². The van der Waals surface area contributed by atoms with Crippen molar-refractivity contribution in [2.75, 3.05) is 6.54 Å². The standard InChI is InChI=1S/C13H20N2O2/c1-3-10(14)6-7-15-13(17)12-5-4-11(16)8-9(12)2/h4-5,8,10,16H,3,6-7,14H2,1-2H3,(H,15,17). The molecule has 1 aromatic rings. The number of aromatic hydroxyl groups is 1. The van der Waals surface area contributed by atoms with Crippen LogP contribution in [-0.4, -0.2) is 23.6 Å². The predicted molar refractivity (Wildman–Crippen MR) is 68.1 cm³/mol. The Balaban J connectivity index is 2.52. The van der Waals surface area contributed by atoms with Crippen molar-refractivity contribution in [2.45, 2.75) is 32.7 Å². The highest BCUT2D eigenvalue weighted by Crippen LogP contribution is 2.15. The van der Waals surface area contributed by atoms with Gasteiger partial charge >= 0.3 is 0 Å². The Labute approximate surface area is 102 Å². The Morgan fingerprint density at radius 1 is 1.53 bits per heavy atom. The number of benzene rings is 1. The van der Waals surface area contributed by atoms with Gasteiger partial charge in [-0.15, -0.1) is 0 Å². The van der Waals surface area contributed by atoms with Crippen LogP contribution in [0.25, 0.3) is 0 Å². The van der Waals surface area contributed by atoms with E-state index in [1.165, 1.54) is 6.07 Å². The minimum absolute atomic E-state index is 0.120. The first-order valence-electron chi connectivity index (χ1n) is 5.88. The molecule has 1 rings (SSSR count). The smallest absolute Gasteiger partial charge is 0.251 e. The van der Waals surface area contributed by atoms with Gasteiger partial charge in [0.2, 0.25) is 0 Å². The van der Waals surface area contributed by atoms with Crippen molar-refractivity contribution in [3.8, 4) is 5.75 Å². The van der Waals surface area contributed by atoms with Crippen LogP contribution in [0.2, 0.25) is 0 Å². The number of carbonyl (C=O) groups is 1. The number of phenols is 1. The Bertz CT molecular complexity index is 391. The third-order valence-electron chi connectivity index (χ3n) is 2.78. The third kappa shape index (κ3) is 4.07. The van der Waals surface area contributed by atoms with Crippen LogP contribution in [0.1, 0.15) is 35.7 Å². The third-order valence-corrected chi connectivity index (χ3v) is 2.78. The van der Waals surface area contributed by atoms with Gasteiger partial charge in [0.15, 0.2) is 0 Å². The second kappa shape index (κ2) is 6.25. The van der Waals surface area contributed by atoms with E-state index in [2.05, 4.69) is 5.32 Å². The summed E-state index contributed by atoms with van der Waals surface area (Å²) in [6, 6.07) is 4.85. The highest BCUT2D eigenvalue weighted by Gasteiger charge is 2.09. The van der Waals surface area contributed by atoms with Gasteiger partial charge in [-0.2, -0.15) is 0 Å². The lowest BCUT2D eigenvalue weighted by atomic mass is 10.1. The SMILES string of the molecule is CCC(N)CCNC(=O)c1ccc(O)cc1C. The number of amides is 1. The van der Waals surface area contributed by atoms with Crippen molar-refractivity contribution < 1.29 is 9.90 Å². The van der Waals surface area contributed by atoms with Gasteiger partial charge in [0.25, 0.3) is 5.91 Å². The lowest BCUT2D eigenvalue weighted by Crippen LogP contribution is -2.30.